The van der Waals surface area contributed by atoms with Gasteiger partial charge in [-0.2, -0.15) is 13.9 Å². The van der Waals surface area contributed by atoms with Gasteiger partial charge in [0, 0.05) is 19.0 Å². The van der Waals surface area contributed by atoms with E-state index < -0.39 is 17.6 Å². The molecule has 0 aliphatic heterocycles. The van der Waals surface area contributed by atoms with E-state index in [4.69, 9.17) is 5.11 Å². The summed E-state index contributed by atoms with van der Waals surface area (Å²) in [6.07, 6.45) is 2.02. The molecule has 0 atom stereocenters. The standard InChI is InChI=1S/C11H14F2N2O2/c1-6-8(10(16)17)15(5-7-3-4-7)14-9(6)11(2,12)13/h7H,3-5H2,1-2H3,(H,16,17). The summed E-state index contributed by atoms with van der Waals surface area (Å²) in [5.74, 6) is -3.93. The summed E-state index contributed by atoms with van der Waals surface area (Å²) in [5.41, 5.74) is -0.491. The number of carboxylic acid groups (broad SMARTS) is 1. The van der Waals surface area contributed by atoms with E-state index in [2.05, 4.69) is 5.10 Å². The van der Waals surface area contributed by atoms with Gasteiger partial charge < -0.3 is 5.11 Å². The SMILES string of the molecule is Cc1c(C(C)(F)F)nn(CC2CC2)c1C(=O)O. The third-order valence-electron chi connectivity index (χ3n) is 2.94. The first kappa shape index (κ1) is 12.0. The first-order chi connectivity index (χ1) is 7.80. The van der Waals surface area contributed by atoms with Crippen LogP contribution in [0.3, 0.4) is 0 Å². The lowest BCUT2D eigenvalue weighted by Crippen LogP contribution is -2.12. The number of nitrogens with zero attached hydrogens (tertiary/aromatic N) is 2. The van der Waals surface area contributed by atoms with Crippen LogP contribution in [-0.2, 0) is 12.5 Å². The zero-order valence-electron chi connectivity index (χ0n) is 9.70. The molecule has 1 saturated carbocycles. The molecule has 4 nitrogen and oxygen atoms in total. The fourth-order valence-corrected chi connectivity index (χ4v) is 1.92. The maximum atomic E-state index is 13.3. The number of hydrogen-bond acceptors (Lipinski definition) is 2. The van der Waals surface area contributed by atoms with E-state index in [0.717, 1.165) is 19.8 Å². The summed E-state index contributed by atoms with van der Waals surface area (Å²) >= 11 is 0. The highest BCUT2D eigenvalue weighted by Gasteiger charge is 2.35. The summed E-state index contributed by atoms with van der Waals surface area (Å²) in [7, 11) is 0. The molecule has 1 aromatic heterocycles. The predicted octanol–water partition coefficient (Wildman–Crippen LogP) is 2.41. The molecule has 1 aromatic rings. The van der Waals surface area contributed by atoms with Gasteiger partial charge in [0.1, 0.15) is 11.4 Å². The van der Waals surface area contributed by atoms with E-state index in [0.29, 0.717) is 12.5 Å². The molecule has 94 valence electrons. The number of aromatic carboxylic acids is 1. The molecule has 0 bridgehead atoms. The van der Waals surface area contributed by atoms with E-state index in [1.54, 1.807) is 0 Å². The van der Waals surface area contributed by atoms with Crippen LogP contribution >= 0.6 is 0 Å². The Kier molecular flexibility index (Phi) is 2.67. The Labute approximate surface area is 97.2 Å². The van der Waals surface area contributed by atoms with Gasteiger partial charge >= 0.3 is 5.97 Å². The van der Waals surface area contributed by atoms with Crippen molar-refractivity contribution in [2.75, 3.05) is 0 Å². The Bertz CT molecular complexity index is 459. The minimum atomic E-state index is -3.11. The first-order valence-corrected chi connectivity index (χ1v) is 5.49. The Morgan fingerprint density at radius 1 is 1.59 bits per heavy atom. The number of carbonyl (C=O) groups is 1. The van der Waals surface area contributed by atoms with Gasteiger partial charge in [0.15, 0.2) is 0 Å². The van der Waals surface area contributed by atoms with E-state index in [1.807, 2.05) is 0 Å². The fourth-order valence-electron chi connectivity index (χ4n) is 1.92. The third kappa shape index (κ3) is 2.30. The van der Waals surface area contributed by atoms with Crippen LogP contribution in [0.15, 0.2) is 0 Å². The molecule has 17 heavy (non-hydrogen) atoms. The van der Waals surface area contributed by atoms with Crippen molar-refractivity contribution in [2.24, 2.45) is 5.92 Å². The Morgan fingerprint density at radius 3 is 2.59 bits per heavy atom. The smallest absolute Gasteiger partial charge is 0.354 e. The lowest BCUT2D eigenvalue weighted by Gasteiger charge is -2.06. The van der Waals surface area contributed by atoms with Crippen molar-refractivity contribution >= 4 is 5.97 Å². The van der Waals surface area contributed by atoms with Gasteiger partial charge in [-0.1, -0.05) is 0 Å². The van der Waals surface area contributed by atoms with Crippen molar-refractivity contribution in [3.63, 3.8) is 0 Å². The van der Waals surface area contributed by atoms with Crippen LogP contribution in [0.1, 0.15) is 41.5 Å². The maximum absolute atomic E-state index is 13.3. The maximum Gasteiger partial charge on any atom is 0.354 e. The summed E-state index contributed by atoms with van der Waals surface area (Å²) < 4.78 is 27.7. The normalized spacial score (nSPS) is 16.2. The average molecular weight is 244 g/mol. The van der Waals surface area contributed by atoms with Crippen molar-refractivity contribution < 1.29 is 18.7 Å². The quantitative estimate of drug-likeness (QED) is 0.884. The molecule has 6 heteroatoms. The van der Waals surface area contributed by atoms with Gasteiger partial charge in [0.25, 0.3) is 5.92 Å². The molecule has 0 spiro atoms. The lowest BCUT2D eigenvalue weighted by atomic mass is 10.1. The Hall–Kier alpha value is -1.46. The van der Waals surface area contributed by atoms with Gasteiger partial charge in [-0.05, 0) is 25.7 Å². The fraction of sp³-hybridized carbons (Fsp3) is 0.636. The highest BCUT2D eigenvalue weighted by molar-refractivity contribution is 5.87. The summed E-state index contributed by atoms with van der Waals surface area (Å²) in [4.78, 5) is 11.1. The van der Waals surface area contributed by atoms with Crippen LogP contribution in [0, 0.1) is 12.8 Å². The van der Waals surface area contributed by atoms with E-state index in [1.165, 1.54) is 11.6 Å². The largest absolute Gasteiger partial charge is 0.477 e. The summed E-state index contributed by atoms with van der Waals surface area (Å²) in [6, 6.07) is 0. The number of rotatable bonds is 4. The molecule has 0 saturated heterocycles. The van der Waals surface area contributed by atoms with Crippen LogP contribution in [0.5, 0.6) is 0 Å². The van der Waals surface area contributed by atoms with Gasteiger partial charge in [-0.3, -0.25) is 4.68 Å². The average Bonchev–Trinajstić information content (AvgIpc) is 2.88. The molecule has 1 aliphatic carbocycles. The van der Waals surface area contributed by atoms with Gasteiger partial charge in [-0.15, -0.1) is 0 Å². The Morgan fingerprint density at radius 2 is 2.18 bits per heavy atom. The molecule has 0 amide bonds. The molecule has 0 radical (unpaired) electrons. The van der Waals surface area contributed by atoms with Crippen molar-refractivity contribution in [1.82, 2.24) is 9.78 Å². The zero-order chi connectivity index (χ0) is 12.8. The number of hydrogen-bond donors (Lipinski definition) is 1. The second kappa shape index (κ2) is 3.78. The van der Waals surface area contributed by atoms with Crippen LogP contribution in [-0.4, -0.2) is 20.9 Å². The van der Waals surface area contributed by atoms with Crippen molar-refractivity contribution in [1.29, 1.82) is 0 Å². The van der Waals surface area contributed by atoms with Crippen LogP contribution in [0.2, 0.25) is 0 Å². The molecular weight excluding hydrogens is 230 g/mol. The van der Waals surface area contributed by atoms with Crippen LogP contribution < -0.4 is 0 Å². The number of carboxylic acids is 1. The minimum Gasteiger partial charge on any atom is -0.477 e. The lowest BCUT2D eigenvalue weighted by molar-refractivity contribution is 0.0114. The monoisotopic (exact) mass is 244 g/mol. The summed E-state index contributed by atoms with van der Waals surface area (Å²) in [6.45, 7) is 2.53. The summed E-state index contributed by atoms with van der Waals surface area (Å²) in [5, 5.41) is 12.8. The molecule has 0 unspecified atom stereocenters. The topological polar surface area (TPSA) is 55.1 Å². The van der Waals surface area contributed by atoms with E-state index in [-0.39, 0.29) is 11.3 Å². The van der Waals surface area contributed by atoms with Gasteiger partial charge in [-0.25, -0.2) is 4.79 Å². The molecule has 2 rings (SSSR count). The number of alkyl halides is 2. The predicted molar refractivity (Wildman–Crippen MR) is 56.2 cm³/mol. The van der Waals surface area contributed by atoms with E-state index in [9.17, 15) is 13.6 Å². The molecule has 1 heterocycles. The van der Waals surface area contributed by atoms with Crippen LogP contribution in [0.25, 0.3) is 0 Å². The van der Waals surface area contributed by atoms with E-state index >= 15 is 0 Å². The highest BCUT2D eigenvalue weighted by Crippen LogP contribution is 2.34. The van der Waals surface area contributed by atoms with Crippen molar-refractivity contribution in [2.45, 2.75) is 39.2 Å². The highest BCUT2D eigenvalue weighted by atomic mass is 19.3. The van der Waals surface area contributed by atoms with Crippen LogP contribution in [0.4, 0.5) is 8.78 Å². The number of aromatic nitrogens is 2. The first-order valence-electron chi connectivity index (χ1n) is 5.49. The zero-order valence-corrected chi connectivity index (χ0v) is 9.70. The molecule has 1 aliphatic rings. The number of halogens is 2. The molecule has 0 aromatic carbocycles. The molecule has 1 fully saturated rings. The molecule has 1 N–H and O–H groups in total. The second-order valence-electron chi connectivity index (χ2n) is 4.64. The minimum absolute atomic E-state index is 0.0608. The van der Waals surface area contributed by atoms with Gasteiger partial charge in [0.05, 0.1) is 0 Å². The third-order valence-corrected chi connectivity index (χ3v) is 2.94. The Balaban J connectivity index is 2.45. The second-order valence-corrected chi connectivity index (χ2v) is 4.64. The molecular formula is C11H14F2N2O2. The van der Waals surface area contributed by atoms with Gasteiger partial charge in [0.2, 0.25) is 0 Å². The van der Waals surface area contributed by atoms with Crippen molar-refractivity contribution in [3.8, 4) is 0 Å². The van der Waals surface area contributed by atoms with Crippen molar-refractivity contribution in [3.05, 3.63) is 17.0 Å².